The second kappa shape index (κ2) is 9.13. The van der Waals surface area contributed by atoms with Crippen LogP contribution in [0.5, 0.6) is 0 Å². The van der Waals surface area contributed by atoms with Crippen molar-refractivity contribution in [3.8, 4) is 11.3 Å². The Morgan fingerprint density at radius 1 is 0.966 bits per heavy atom. The van der Waals surface area contributed by atoms with E-state index in [1.807, 2.05) is 0 Å². The highest BCUT2D eigenvalue weighted by atomic mass is 35.5. The molecule has 0 radical (unpaired) electrons. The van der Waals surface area contributed by atoms with Crippen LogP contribution < -0.4 is 10.6 Å². The number of aliphatic carboxylic acids is 1. The van der Waals surface area contributed by atoms with Crippen LogP contribution in [-0.4, -0.2) is 27.9 Å². The molecule has 0 unspecified atom stereocenters. The highest BCUT2D eigenvalue weighted by Crippen LogP contribution is 2.26. The molecule has 0 spiro atoms. The lowest BCUT2D eigenvalue weighted by atomic mass is 10.1. The second-order valence-electron chi connectivity index (χ2n) is 5.74. The first-order valence-electron chi connectivity index (χ1n) is 8.25. The number of thiazole rings is 1. The highest BCUT2D eigenvalue weighted by molar-refractivity contribution is 7.14. The zero-order valence-electron chi connectivity index (χ0n) is 14.8. The van der Waals surface area contributed by atoms with Gasteiger partial charge < -0.3 is 10.4 Å². The zero-order valence-corrected chi connectivity index (χ0v) is 16.3. The van der Waals surface area contributed by atoms with Crippen LogP contribution in [0.1, 0.15) is 10.4 Å². The van der Waals surface area contributed by atoms with Gasteiger partial charge in [0.05, 0.1) is 5.69 Å². The molecule has 0 saturated carbocycles. The van der Waals surface area contributed by atoms with Gasteiger partial charge in [-0.3, -0.25) is 14.9 Å². The van der Waals surface area contributed by atoms with E-state index in [0.717, 1.165) is 17.7 Å². The van der Waals surface area contributed by atoms with Crippen LogP contribution in [0.25, 0.3) is 11.3 Å². The molecule has 0 aliphatic rings. The number of rotatable bonds is 6. The van der Waals surface area contributed by atoms with Crippen molar-refractivity contribution in [3.05, 3.63) is 76.6 Å². The van der Waals surface area contributed by atoms with E-state index in [9.17, 15) is 14.4 Å². The highest BCUT2D eigenvalue weighted by Gasteiger charge is 2.09. The van der Waals surface area contributed by atoms with Crippen LogP contribution in [0.15, 0.2) is 66.1 Å². The van der Waals surface area contributed by atoms with Crippen LogP contribution in [0, 0.1) is 0 Å². The van der Waals surface area contributed by atoms with E-state index in [2.05, 4.69) is 15.6 Å². The molecule has 1 aromatic heterocycles. The minimum Gasteiger partial charge on any atom is -0.478 e. The molecular formula is C20H14ClN3O4S. The number of carbonyl (C=O) groups excluding carboxylic acids is 2. The number of amides is 2. The van der Waals surface area contributed by atoms with Gasteiger partial charge in [-0.25, -0.2) is 9.78 Å². The predicted octanol–water partition coefficient (Wildman–Crippen LogP) is 4.30. The van der Waals surface area contributed by atoms with Gasteiger partial charge >= 0.3 is 5.97 Å². The van der Waals surface area contributed by atoms with Gasteiger partial charge in [-0.1, -0.05) is 23.7 Å². The predicted molar refractivity (Wildman–Crippen MR) is 112 cm³/mol. The fourth-order valence-electron chi connectivity index (χ4n) is 2.29. The van der Waals surface area contributed by atoms with Crippen molar-refractivity contribution in [2.75, 3.05) is 10.6 Å². The number of hydrogen-bond acceptors (Lipinski definition) is 5. The molecule has 0 saturated heterocycles. The summed E-state index contributed by atoms with van der Waals surface area (Å²) in [5.74, 6) is -2.03. The summed E-state index contributed by atoms with van der Waals surface area (Å²) >= 11 is 7.04. The van der Waals surface area contributed by atoms with Gasteiger partial charge in [0.25, 0.3) is 5.91 Å². The second-order valence-corrected chi connectivity index (χ2v) is 7.03. The Hall–Kier alpha value is -3.49. The van der Waals surface area contributed by atoms with E-state index in [4.69, 9.17) is 16.7 Å². The normalized spacial score (nSPS) is 10.7. The standard InChI is InChI=1S/C20H14ClN3O4S/c21-14-5-1-13(2-6-14)19(28)22-15-7-3-12(4-8-15)16-11-29-20(23-16)24-17(25)9-10-18(26)27/h1-11H,(H,22,28)(H,26,27)(H,23,24,25)/b10-9+. The first kappa shape index (κ1) is 20.2. The van der Waals surface area contributed by atoms with E-state index in [-0.39, 0.29) is 5.91 Å². The molecule has 1 heterocycles. The molecule has 146 valence electrons. The molecule has 0 bridgehead atoms. The molecule has 2 aromatic carbocycles. The molecule has 0 fully saturated rings. The van der Waals surface area contributed by atoms with Crippen LogP contribution in [0.3, 0.4) is 0 Å². The number of carboxylic acid groups (broad SMARTS) is 1. The molecule has 3 N–H and O–H groups in total. The zero-order chi connectivity index (χ0) is 20.8. The molecule has 0 aliphatic heterocycles. The van der Waals surface area contributed by atoms with Crippen molar-refractivity contribution in [1.29, 1.82) is 0 Å². The Morgan fingerprint density at radius 2 is 1.66 bits per heavy atom. The van der Waals surface area contributed by atoms with E-state index in [1.165, 1.54) is 11.3 Å². The average molecular weight is 428 g/mol. The number of carboxylic acids is 1. The van der Waals surface area contributed by atoms with Crippen molar-refractivity contribution in [2.45, 2.75) is 0 Å². The van der Waals surface area contributed by atoms with E-state index >= 15 is 0 Å². The van der Waals surface area contributed by atoms with Crippen LogP contribution in [0.2, 0.25) is 5.02 Å². The van der Waals surface area contributed by atoms with E-state index in [0.29, 0.717) is 27.1 Å². The minimum absolute atomic E-state index is 0.248. The maximum atomic E-state index is 12.2. The van der Waals surface area contributed by atoms with Gasteiger partial charge in [-0.2, -0.15) is 0 Å². The smallest absolute Gasteiger partial charge is 0.328 e. The average Bonchev–Trinajstić information content (AvgIpc) is 3.16. The summed E-state index contributed by atoms with van der Waals surface area (Å²) in [5.41, 5.74) is 2.56. The molecule has 2 amide bonds. The fraction of sp³-hybridized carbons (Fsp3) is 0. The Bertz CT molecular complexity index is 1080. The minimum atomic E-state index is -1.21. The number of nitrogens with zero attached hydrogens (tertiary/aromatic N) is 1. The molecule has 29 heavy (non-hydrogen) atoms. The van der Waals surface area contributed by atoms with Crippen LogP contribution >= 0.6 is 22.9 Å². The number of benzene rings is 2. The Morgan fingerprint density at radius 3 is 2.31 bits per heavy atom. The summed E-state index contributed by atoms with van der Waals surface area (Å²) in [6.45, 7) is 0. The molecule has 3 rings (SSSR count). The fourth-order valence-corrected chi connectivity index (χ4v) is 3.14. The van der Waals surface area contributed by atoms with Crippen LogP contribution in [-0.2, 0) is 9.59 Å². The molecule has 0 aliphatic carbocycles. The summed E-state index contributed by atoms with van der Waals surface area (Å²) in [5, 5.41) is 16.5. The topological polar surface area (TPSA) is 108 Å². The van der Waals surface area contributed by atoms with E-state index < -0.39 is 11.9 Å². The molecule has 0 atom stereocenters. The Kier molecular flexibility index (Phi) is 6.38. The van der Waals surface area contributed by atoms with Crippen molar-refractivity contribution >= 4 is 51.5 Å². The number of nitrogens with one attached hydrogen (secondary N) is 2. The number of anilines is 2. The summed E-state index contributed by atoms with van der Waals surface area (Å²) in [7, 11) is 0. The number of hydrogen-bond donors (Lipinski definition) is 3. The van der Waals surface area contributed by atoms with Crippen molar-refractivity contribution in [3.63, 3.8) is 0 Å². The molecule has 9 heteroatoms. The Balaban J connectivity index is 1.63. The first-order chi connectivity index (χ1) is 13.9. The number of aromatic nitrogens is 1. The lowest BCUT2D eigenvalue weighted by Gasteiger charge is -2.06. The third-order valence-electron chi connectivity index (χ3n) is 3.66. The molecular weight excluding hydrogens is 414 g/mol. The maximum Gasteiger partial charge on any atom is 0.328 e. The first-order valence-corrected chi connectivity index (χ1v) is 9.51. The number of halogens is 1. The van der Waals surface area contributed by atoms with Gasteiger partial charge in [0, 0.05) is 39.4 Å². The summed E-state index contributed by atoms with van der Waals surface area (Å²) in [6.07, 6.45) is 1.67. The lowest BCUT2D eigenvalue weighted by molar-refractivity contribution is -0.131. The SMILES string of the molecule is O=C(O)/C=C/C(=O)Nc1nc(-c2ccc(NC(=O)c3ccc(Cl)cc3)cc2)cs1. The van der Waals surface area contributed by atoms with Crippen LogP contribution in [0.4, 0.5) is 10.8 Å². The lowest BCUT2D eigenvalue weighted by Crippen LogP contribution is -2.11. The summed E-state index contributed by atoms with van der Waals surface area (Å²) in [6, 6.07) is 13.7. The summed E-state index contributed by atoms with van der Waals surface area (Å²) < 4.78 is 0. The molecule has 3 aromatic rings. The largest absolute Gasteiger partial charge is 0.478 e. The third-order valence-corrected chi connectivity index (χ3v) is 4.67. The summed E-state index contributed by atoms with van der Waals surface area (Å²) in [4.78, 5) is 38.6. The third kappa shape index (κ3) is 5.74. The van der Waals surface area contributed by atoms with Crippen molar-refractivity contribution in [2.24, 2.45) is 0 Å². The van der Waals surface area contributed by atoms with E-state index in [1.54, 1.807) is 53.9 Å². The monoisotopic (exact) mass is 427 g/mol. The quantitative estimate of drug-likeness (QED) is 0.508. The van der Waals surface area contributed by atoms with Crippen molar-refractivity contribution in [1.82, 2.24) is 4.98 Å². The molecule has 7 nitrogen and oxygen atoms in total. The van der Waals surface area contributed by atoms with Gasteiger partial charge in [-0.15, -0.1) is 11.3 Å². The van der Waals surface area contributed by atoms with Gasteiger partial charge in [-0.05, 0) is 36.4 Å². The van der Waals surface area contributed by atoms with Gasteiger partial charge in [0.2, 0.25) is 5.91 Å². The maximum absolute atomic E-state index is 12.2. The Labute approximate surface area is 174 Å². The van der Waals surface area contributed by atoms with Gasteiger partial charge in [0.1, 0.15) is 0 Å². The van der Waals surface area contributed by atoms with Gasteiger partial charge in [0.15, 0.2) is 5.13 Å². The van der Waals surface area contributed by atoms with Crippen molar-refractivity contribution < 1.29 is 19.5 Å². The number of carbonyl (C=O) groups is 3.